The van der Waals surface area contributed by atoms with Crippen molar-refractivity contribution in [2.45, 2.75) is 12.0 Å². The van der Waals surface area contributed by atoms with Crippen LogP contribution in [0.4, 0.5) is 10.1 Å². The van der Waals surface area contributed by atoms with Crippen molar-refractivity contribution in [3.8, 4) is 17.2 Å². The highest BCUT2D eigenvalue weighted by atomic mass is 19.1. The van der Waals surface area contributed by atoms with Crippen molar-refractivity contribution in [3.05, 3.63) is 83.2 Å². The van der Waals surface area contributed by atoms with Crippen LogP contribution in [0, 0.1) is 5.82 Å². The molecule has 0 aliphatic carbocycles. The number of rotatable bonds is 6. The molecule has 8 heteroatoms. The molecule has 0 fully saturated rings. The van der Waals surface area contributed by atoms with E-state index < -0.39 is 23.7 Å². The molecule has 0 aromatic heterocycles. The van der Waals surface area contributed by atoms with Crippen LogP contribution in [0.1, 0.15) is 33.4 Å². The number of carbonyl (C=O) groups excluding carboxylic acids is 2. The highest BCUT2D eigenvalue weighted by Crippen LogP contribution is 2.46. The average molecular weight is 464 g/mol. The summed E-state index contributed by atoms with van der Waals surface area (Å²) in [6.45, 7) is 0. The van der Waals surface area contributed by atoms with E-state index in [0.717, 1.165) is 5.56 Å². The number of amides is 2. The second-order valence-corrected chi connectivity index (χ2v) is 7.88. The third-order valence-corrected chi connectivity index (χ3v) is 6.05. The van der Waals surface area contributed by atoms with Crippen LogP contribution in [0.25, 0.3) is 0 Å². The summed E-state index contributed by atoms with van der Waals surface area (Å²) in [5.41, 5.74) is 1.57. The quantitative estimate of drug-likeness (QED) is 0.585. The topological polar surface area (TPSA) is 77.1 Å². The Kier molecular flexibility index (Phi) is 6.40. The zero-order valence-electron chi connectivity index (χ0n) is 19.3. The standard InChI is InChI=1S/C26H25FN2O5/c1-29-24(15-9-11-16(32-2)12-10-15)23(25(30)28-20-8-6-5-7-19(20)27)17-13-21(33-3)22(34-4)14-18(17)26(29)31/h5-14,23-24H,1-4H3,(H,28,30)/t23-,24-/m1/s1. The Morgan fingerprint density at radius 2 is 1.59 bits per heavy atom. The van der Waals surface area contributed by atoms with Crippen LogP contribution in [-0.2, 0) is 4.79 Å². The van der Waals surface area contributed by atoms with Gasteiger partial charge >= 0.3 is 0 Å². The lowest BCUT2D eigenvalue weighted by Crippen LogP contribution is -2.44. The van der Waals surface area contributed by atoms with Gasteiger partial charge in [-0.25, -0.2) is 4.39 Å². The van der Waals surface area contributed by atoms with Gasteiger partial charge in [0.15, 0.2) is 11.5 Å². The number of fused-ring (bicyclic) bond motifs is 1. The molecule has 0 bridgehead atoms. The maximum atomic E-state index is 14.3. The molecule has 4 rings (SSSR count). The zero-order valence-corrected chi connectivity index (χ0v) is 19.3. The Bertz CT molecular complexity index is 1230. The Morgan fingerprint density at radius 1 is 0.941 bits per heavy atom. The summed E-state index contributed by atoms with van der Waals surface area (Å²) in [5.74, 6) is -0.733. The summed E-state index contributed by atoms with van der Waals surface area (Å²) in [5, 5.41) is 2.70. The first-order valence-electron chi connectivity index (χ1n) is 10.6. The van der Waals surface area contributed by atoms with E-state index in [0.29, 0.717) is 28.4 Å². The van der Waals surface area contributed by atoms with Crippen molar-refractivity contribution in [3.63, 3.8) is 0 Å². The van der Waals surface area contributed by atoms with E-state index in [2.05, 4.69) is 5.32 Å². The number of nitrogens with one attached hydrogen (secondary N) is 1. The van der Waals surface area contributed by atoms with E-state index in [1.165, 1.54) is 31.3 Å². The molecule has 7 nitrogen and oxygen atoms in total. The van der Waals surface area contributed by atoms with Gasteiger partial charge in [0.05, 0.1) is 39.0 Å². The van der Waals surface area contributed by atoms with E-state index in [1.807, 2.05) is 12.1 Å². The highest BCUT2D eigenvalue weighted by molar-refractivity contribution is 6.05. The molecule has 1 N–H and O–H groups in total. The third-order valence-electron chi connectivity index (χ3n) is 6.05. The van der Waals surface area contributed by atoms with E-state index in [9.17, 15) is 14.0 Å². The average Bonchev–Trinajstić information content (AvgIpc) is 2.86. The summed E-state index contributed by atoms with van der Waals surface area (Å²) in [7, 11) is 6.16. The normalized spacial score (nSPS) is 17.1. The molecule has 2 amide bonds. The first kappa shape index (κ1) is 23.1. The predicted octanol–water partition coefficient (Wildman–Crippen LogP) is 4.40. The zero-order chi connectivity index (χ0) is 24.4. The van der Waals surface area contributed by atoms with Gasteiger partial charge in [-0.2, -0.15) is 0 Å². The third kappa shape index (κ3) is 4.03. The predicted molar refractivity (Wildman–Crippen MR) is 125 cm³/mol. The van der Waals surface area contributed by atoms with Crippen LogP contribution in [0.5, 0.6) is 17.2 Å². The molecule has 1 aliphatic heterocycles. The van der Waals surface area contributed by atoms with Crippen molar-refractivity contribution in [2.24, 2.45) is 0 Å². The lowest BCUT2D eigenvalue weighted by atomic mass is 9.79. The number of hydrogen-bond donors (Lipinski definition) is 1. The molecule has 3 aromatic rings. The smallest absolute Gasteiger partial charge is 0.254 e. The van der Waals surface area contributed by atoms with E-state index in [4.69, 9.17) is 14.2 Å². The SMILES string of the molecule is COc1ccc([C@@H]2[C@H](C(=O)Nc3ccccc3F)c3cc(OC)c(OC)cc3C(=O)N2C)cc1. The van der Waals surface area contributed by atoms with E-state index >= 15 is 0 Å². The van der Waals surface area contributed by atoms with Crippen LogP contribution >= 0.6 is 0 Å². The summed E-state index contributed by atoms with van der Waals surface area (Å²) >= 11 is 0. The van der Waals surface area contributed by atoms with Crippen molar-refractivity contribution in [2.75, 3.05) is 33.7 Å². The summed E-state index contributed by atoms with van der Waals surface area (Å²) in [6.07, 6.45) is 0. The van der Waals surface area contributed by atoms with Crippen molar-refractivity contribution in [1.29, 1.82) is 0 Å². The van der Waals surface area contributed by atoms with Gasteiger partial charge in [0.2, 0.25) is 5.91 Å². The number of ether oxygens (including phenoxy) is 3. The lowest BCUT2D eigenvalue weighted by Gasteiger charge is -2.40. The van der Waals surface area contributed by atoms with Crippen molar-refractivity contribution < 1.29 is 28.2 Å². The maximum absolute atomic E-state index is 14.3. The largest absolute Gasteiger partial charge is 0.497 e. The van der Waals surface area contributed by atoms with Crippen molar-refractivity contribution in [1.82, 2.24) is 4.90 Å². The van der Waals surface area contributed by atoms with Crippen LogP contribution in [0.3, 0.4) is 0 Å². The van der Waals surface area contributed by atoms with Crippen LogP contribution in [0.15, 0.2) is 60.7 Å². The fourth-order valence-electron chi connectivity index (χ4n) is 4.32. The number of methoxy groups -OCH3 is 3. The molecule has 3 aromatic carbocycles. The van der Waals surface area contributed by atoms with Gasteiger partial charge < -0.3 is 24.4 Å². The van der Waals surface area contributed by atoms with Gasteiger partial charge in [0.1, 0.15) is 11.6 Å². The number of likely N-dealkylation sites (N-methyl/N-ethyl adjacent to an activating group) is 1. The summed E-state index contributed by atoms with van der Waals surface area (Å²) in [4.78, 5) is 28.6. The molecule has 0 radical (unpaired) electrons. The minimum atomic E-state index is -0.856. The lowest BCUT2D eigenvalue weighted by molar-refractivity contribution is -0.119. The monoisotopic (exact) mass is 464 g/mol. The molecule has 2 atom stereocenters. The molecular weight excluding hydrogens is 439 g/mol. The Morgan fingerprint density at radius 3 is 2.21 bits per heavy atom. The van der Waals surface area contributed by atoms with Gasteiger partial charge in [0.25, 0.3) is 5.91 Å². The molecule has 34 heavy (non-hydrogen) atoms. The van der Waals surface area contributed by atoms with Crippen LogP contribution < -0.4 is 19.5 Å². The molecule has 176 valence electrons. The molecular formula is C26H25FN2O5. The minimum Gasteiger partial charge on any atom is -0.497 e. The Labute approximate surface area is 197 Å². The number of anilines is 1. The minimum absolute atomic E-state index is 0.0579. The fraction of sp³-hybridized carbons (Fsp3) is 0.231. The van der Waals surface area contributed by atoms with Gasteiger partial charge in [-0.3, -0.25) is 9.59 Å². The van der Waals surface area contributed by atoms with Crippen LogP contribution in [-0.4, -0.2) is 45.1 Å². The fourth-order valence-corrected chi connectivity index (χ4v) is 4.32. The van der Waals surface area contributed by atoms with E-state index in [1.54, 1.807) is 50.6 Å². The van der Waals surface area contributed by atoms with Gasteiger partial charge in [-0.05, 0) is 47.5 Å². The van der Waals surface area contributed by atoms with Crippen molar-refractivity contribution >= 4 is 17.5 Å². The number of hydrogen-bond acceptors (Lipinski definition) is 5. The summed E-state index contributed by atoms with van der Waals surface area (Å²) < 4.78 is 30.4. The molecule has 1 heterocycles. The first-order valence-corrected chi connectivity index (χ1v) is 10.6. The number of para-hydroxylation sites is 1. The number of carbonyl (C=O) groups is 2. The first-order chi connectivity index (χ1) is 16.4. The number of halogens is 1. The number of nitrogens with zero attached hydrogens (tertiary/aromatic N) is 1. The molecule has 0 spiro atoms. The second-order valence-electron chi connectivity index (χ2n) is 7.88. The van der Waals surface area contributed by atoms with Gasteiger partial charge in [-0.15, -0.1) is 0 Å². The van der Waals surface area contributed by atoms with E-state index in [-0.39, 0.29) is 11.6 Å². The Hall–Kier alpha value is -4.07. The number of benzene rings is 3. The van der Waals surface area contributed by atoms with Gasteiger partial charge in [-0.1, -0.05) is 24.3 Å². The highest BCUT2D eigenvalue weighted by Gasteiger charge is 2.43. The Balaban J connectivity index is 1.88. The van der Waals surface area contributed by atoms with Crippen LogP contribution in [0.2, 0.25) is 0 Å². The molecule has 1 aliphatic rings. The van der Waals surface area contributed by atoms with Gasteiger partial charge in [0, 0.05) is 12.6 Å². The summed E-state index contributed by atoms with van der Waals surface area (Å²) in [6, 6.07) is 15.6. The second kappa shape index (κ2) is 9.43. The molecule has 0 saturated heterocycles. The maximum Gasteiger partial charge on any atom is 0.254 e. The molecule has 0 unspecified atom stereocenters. The molecule has 0 saturated carbocycles.